The topological polar surface area (TPSA) is 61.0 Å². The lowest BCUT2D eigenvalue weighted by atomic mass is 9.48. The molecule has 4 saturated carbocycles. The van der Waals surface area contributed by atoms with Crippen molar-refractivity contribution < 1.29 is 9.15 Å². The van der Waals surface area contributed by atoms with E-state index < -0.39 is 5.60 Å². The van der Waals surface area contributed by atoms with E-state index in [9.17, 15) is 0 Å². The van der Waals surface area contributed by atoms with Gasteiger partial charge in [-0.2, -0.15) is 0 Å². The van der Waals surface area contributed by atoms with E-state index in [1.54, 1.807) is 0 Å². The van der Waals surface area contributed by atoms with Crippen LogP contribution < -0.4 is 0 Å². The fourth-order valence-corrected chi connectivity index (χ4v) is 11.4. The van der Waals surface area contributed by atoms with Crippen LogP contribution in [0.5, 0.6) is 0 Å². The van der Waals surface area contributed by atoms with Crippen LogP contribution in [0.4, 0.5) is 0 Å². The fourth-order valence-electron chi connectivity index (χ4n) is 11.4. The van der Waals surface area contributed by atoms with Gasteiger partial charge in [0.2, 0.25) is 0 Å². The van der Waals surface area contributed by atoms with Gasteiger partial charge in [-0.1, -0.05) is 133 Å². The van der Waals surface area contributed by atoms with Crippen molar-refractivity contribution in [1.29, 1.82) is 0 Å². The van der Waals surface area contributed by atoms with Crippen LogP contribution in [0.1, 0.15) is 54.4 Å². The van der Waals surface area contributed by atoms with E-state index in [2.05, 4.69) is 115 Å². The minimum Gasteiger partial charge on any atom is -0.455 e. The minimum atomic E-state index is -0.790. The first kappa shape index (κ1) is 31.4. The summed E-state index contributed by atoms with van der Waals surface area (Å²) in [4.78, 5) is 15.6. The van der Waals surface area contributed by atoms with Crippen molar-refractivity contribution in [3.05, 3.63) is 174 Å². The van der Waals surface area contributed by atoms with E-state index >= 15 is 0 Å². The fraction of sp³-hybridized carbons (Fsp3) is 0.220. The van der Waals surface area contributed by atoms with Crippen LogP contribution >= 0.6 is 0 Å². The molecular weight excluding hydrogens is 675 g/mol. The second-order valence-electron chi connectivity index (χ2n) is 16.3. The van der Waals surface area contributed by atoms with Crippen molar-refractivity contribution in [2.75, 3.05) is 0 Å². The van der Waals surface area contributed by atoms with E-state index in [1.165, 1.54) is 43.2 Å². The van der Waals surface area contributed by atoms with E-state index in [-0.39, 0.29) is 5.60 Å². The Balaban J connectivity index is 1.11. The zero-order chi connectivity index (χ0) is 36.1. The molecule has 1 aliphatic heterocycles. The molecule has 0 atom stereocenters. The highest BCUT2D eigenvalue weighted by Crippen LogP contribution is 2.69. The minimum absolute atomic E-state index is 0.344. The van der Waals surface area contributed by atoms with Gasteiger partial charge in [-0.3, -0.25) is 0 Å². The molecule has 0 saturated heterocycles. The van der Waals surface area contributed by atoms with Crippen LogP contribution in [0.25, 0.3) is 56.1 Å². The summed E-state index contributed by atoms with van der Waals surface area (Å²) in [6.45, 7) is 0. The Labute approximate surface area is 320 Å². The summed E-state index contributed by atoms with van der Waals surface area (Å²) in [5, 5.41) is 2.12. The van der Waals surface area contributed by atoms with Crippen LogP contribution in [0.3, 0.4) is 0 Å². The molecule has 0 N–H and O–H groups in total. The van der Waals surface area contributed by atoms with Gasteiger partial charge in [0.15, 0.2) is 17.5 Å². The summed E-state index contributed by atoms with van der Waals surface area (Å²) >= 11 is 0. The highest BCUT2D eigenvalue weighted by Gasteiger charge is 2.66. The zero-order valence-electron chi connectivity index (χ0n) is 30.4. The molecule has 0 unspecified atom stereocenters. The maximum absolute atomic E-state index is 8.04. The summed E-state index contributed by atoms with van der Waals surface area (Å²) < 4.78 is 14.6. The third kappa shape index (κ3) is 4.53. The molecule has 13 rings (SSSR count). The van der Waals surface area contributed by atoms with Crippen molar-refractivity contribution in [2.24, 2.45) is 23.7 Å². The van der Waals surface area contributed by atoms with Crippen molar-refractivity contribution in [3.63, 3.8) is 0 Å². The summed E-state index contributed by atoms with van der Waals surface area (Å²) in [6, 6.07) is 53.4. The highest BCUT2D eigenvalue weighted by molar-refractivity contribution is 6.09. The molecule has 4 aliphatic carbocycles. The number of fused-ring (bicyclic) bond motifs is 4. The molecule has 5 nitrogen and oxygen atoms in total. The smallest absolute Gasteiger partial charge is 0.167 e. The largest absolute Gasteiger partial charge is 0.455 e. The molecular formula is C50H39N3O2. The van der Waals surface area contributed by atoms with Gasteiger partial charge in [-0.15, -0.1) is 0 Å². The number of nitrogens with zero attached hydrogens (tertiary/aromatic N) is 3. The molecule has 6 aromatic carbocycles. The number of hydrogen-bond acceptors (Lipinski definition) is 5. The maximum atomic E-state index is 8.04. The molecule has 55 heavy (non-hydrogen) atoms. The van der Waals surface area contributed by atoms with Crippen molar-refractivity contribution in [2.45, 2.75) is 43.3 Å². The molecule has 3 heterocycles. The summed E-state index contributed by atoms with van der Waals surface area (Å²) in [6.07, 6.45) is 6.39. The van der Waals surface area contributed by atoms with Gasteiger partial charge in [-0.25, -0.2) is 15.0 Å². The second-order valence-corrected chi connectivity index (χ2v) is 16.3. The number of aromatic nitrogens is 3. The first-order valence-corrected chi connectivity index (χ1v) is 19.9. The summed E-state index contributed by atoms with van der Waals surface area (Å²) in [5.41, 5.74) is 8.07. The summed E-state index contributed by atoms with van der Waals surface area (Å²) in [7, 11) is 0. The molecule has 1 spiro atoms. The lowest BCUT2D eigenvalue weighted by Gasteiger charge is -2.60. The van der Waals surface area contributed by atoms with Crippen LogP contribution in [0, 0.1) is 23.7 Å². The molecule has 5 heteroatoms. The standard InChI is InChI=1S/C50H39N3O2/c1-4-13-33(14-5-1)46-51-47(53-48(52-46)41-21-12-20-40-39-19-10-11-22-44(39)54-45(40)41)34-23-24-42-43(30-34)49(35-15-6-2-7-16-35,36-17-8-3-9-18-36)55-50(42)37-26-31-25-32(28-37)29-38(50)27-31/h1-24,30-32,37-38H,25-29H2. The number of ether oxygens (including phenoxy) is 1. The van der Waals surface area contributed by atoms with Crippen molar-refractivity contribution in [3.8, 4) is 34.2 Å². The maximum Gasteiger partial charge on any atom is 0.167 e. The van der Waals surface area contributed by atoms with Crippen LogP contribution in [-0.4, -0.2) is 15.0 Å². The molecule has 0 amide bonds. The average Bonchev–Trinajstić information content (AvgIpc) is 3.78. The van der Waals surface area contributed by atoms with E-state index in [0.29, 0.717) is 29.3 Å². The molecule has 0 radical (unpaired) electrons. The van der Waals surface area contributed by atoms with Gasteiger partial charge >= 0.3 is 0 Å². The molecule has 266 valence electrons. The lowest BCUT2D eigenvalue weighted by Crippen LogP contribution is -2.56. The first-order chi connectivity index (χ1) is 27.2. The first-order valence-electron chi connectivity index (χ1n) is 19.9. The Morgan fingerprint density at radius 3 is 1.75 bits per heavy atom. The van der Waals surface area contributed by atoms with Crippen LogP contribution in [0.2, 0.25) is 0 Å². The summed E-state index contributed by atoms with van der Waals surface area (Å²) in [5.74, 6) is 4.47. The number of furan rings is 1. The van der Waals surface area contributed by atoms with Gasteiger partial charge in [0, 0.05) is 21.9 Å². The molecule has 4 fully saturated rings. The average molecular weight is 714 g/mol. The zero-order valence-corrected chi connectivity index (χ0v) is 30.4. The Morgan fingerprint density at radius 1 is 0.473 bits per heavy atom. The Hall–Kier alpha value is -5.91. The quantitative estimate of drug-likeness (QED) is 0.178. The SMILES string of the molecule is c1ccc(-c2nc(-c3ccc4c(c3)C(c3ccccc3)(c3ccccc3)OC43C4CC5CC(C4)CC3C5)nc(-c3cccc4c3oc3ccccc34)n2)cc1. The third-order valence-corrected chi connectivity index (χ3v) is 13.4. The van der Waals surface area contributed by atoms with Crippen molar-refractivity contribution in [1.82, 2.24) is 15.0 Å². The van der Waals surface area contributed by atoms with Gasteiger partial charge in [0.1, 0.15) is 22.4 Å². The van der Waals surface area contributed by atoms with Gasteiger partial charge < -0.3 is 9.15 Å². The number of hydrogen-bond donors (Lipinski definition) is 0. The number of benzene rings is 6. The Bertz CT molecular complexity index is 2690. The highest BCUT2D eigenvalue weighted by atomic mass is 16.5. The van der Waals surface area contributed by atoms with E-state index in [1.807, 2.05) is 36.4 Å². The Kier molecular flexibility index (Phi) is 6.74. The number of para-hydroxylation sites is 2. The van der Waals surface area contributed by atoms with E-state index in [4.69, 9.17) is 24.1 Å². The number of rotatable bonds is 5. The van der Waals surface area contributed by atoms with Crippen LogP contribution in [0.15, 0.2) is 156 Å². The second kappa shape index (κ2) is 11.8. The van der Waals surface area contributed by atoms with Crippen molar-refractivity contribution >= 4 is 21.9 Å². The lowest BCUT2D eigenvalue weighted by molar-refractivity contribution is -0.232. The molecule has 5 aliphatic rings. The predicted molar refractivity (Wildman–Crippen MR) is 216 cm³/mol. The van der Waals surface area contributed by atoms with Crippen LogP contribution in [-0.2, 0) is 15.9 Å². The monoisotopic (exact) mass is 713 g/mol. The normalized spacial score (nSPS) is 24.5. The van der Waals surface area contributed by atoms with Gasteiger partial charge in [-0.05, 0) is 96.2 Å². The Morgan fingerprint density at radius 2 is 1.05 bits per heavy atom. The molecule has 2 aromatic heterocycles. The van der Waals surface area contributed by atoms with E-state index in [0.717, 1.165) is 61.6 Å². The predicted octanol–water partition coefficient (Wildman–Crippen LogP) is 11.7. The molecule has 8 aromatic rings. The van der Waals surface area contributed by atoms with Gasteiger partial charge in [0.05, 0.1) is 5.56 Å². The van der Waals surface area contributed by atoms with Gasteiger partial charge in [0.25, 0.3) is 0 Å². The molecule has 4 bridgehead atoms. The third-order valence-electron chi connectivity index (χ3n) is 13.4.